The van der Waals surface area contributed by atoms with Gasteiger partial charge in [-0.05, 0) is 17.7 Å². The SMILES string of the molecule is O=C(NCCNS(=O)(=O)c1ccccc1)[C@H]1CC(=O)N(Cc2ccccc2)C1. The van der Waals surface area contributed by atoms with Crippen molar-refractivity contribution in [2.45, 2.75) is 17.9 Å². The van der Waals surface area contributed by atoms with Crippen LogP contribution in [0.25, 0.3) is 0 Å². The second-order valence-electron chi connectivity index (χ2n) is 6.66. The van der Waals surface area contributed by atoms with Gasteiger partial charge in [0.15, 0.2) is 0 Å². The Bertz CT molecular complexity index is 917. The first-order chi connectivity index (χ1) is 13.5. The van der Waals surface area contributed by atoms with E-state index in [-0.39, 0.29) is 36.2 Å². The quantitative estimate of drug-likeness (QED) is 0.648. The number of hydrogen-bond acceptors (Lipinski definition) is 4. The van der Waals surface area contributed by atoms with Crippen LogP contribution < -0.4 is 10.0 Å². The van der Waals surface area contributed by atoms with Crippen molar-refractivity contribution in [2.75, 3.05) is 19.6 Å². The molecule has 7 nitrogen and oxygen atoms in total. The van der Waals surface area contributed by atoms with Crippen LogP contribution in [0, 0.1) is 5.92 Å². The molecule has 1 atom stereocenters. The molecule has 1 saturated heterocycles. The zero-order valence-electron chi connectivity index (χ0n) is 15.4. The van der Waals surface area contributed by atoms with Crippen LogP contribution in [-0.2, 0) is 26.2 Å². The first kappa shape index (κ1) is 20.0. The molecule has 2 amide bonds. The normalized spacial score (nSPS) is 16.9. The van der Waals surface area contributed by atoms with Crippen LogP contribution in [0.3, 0.4) is 0 Å². The fourth-order valence-corrected chi connectivity index (χ4v) is 4.16. The number of amides is 2. The van der Waals surface area contributed by atoms with Gasteiger partial charge in [0.1, 0.15) is 0 Å². The lowest BCUT2D eigenvalue weighted by atomic mass is 10.1. The Kier molecular flexibility index (Phi) is 6.43. The van der Waals surface area contributed by atoms with Crippen molar-refractivity contribution in [2.24, 2.45) is 5.92 Å². The molecule has 2 aromatic carbocycles. The van der Waals surface area contributed by atoms with E-state index in [0.29, 0.717) is 13.1 Å². The molecule has 0 saturated carbocycles. The standard InChI is InChI=1S/C20H23N3O4S/c24-19-13-17(15-23(19)14-16-7-3-1-4-8-16)20(25)21-11-12-22-28(26,27)18-9-5-2-6-10-18/h1-10,17,22H,11-15H2,(H,21,25)/t17-/m0/s1. The van der Waals surface area contributed by atoms with Gasteiger partial charge in [0, 0.05) is 32.6 Å². The highest BCUT2D eigenvalue weighted by Crippen LogP contribution is 2.20. The van der Waals surface area contributed by atoms with Crippen molar-refractivity contribution < 1.29 is 18.0 Å². The summed E-state index contributed by atoms with van der Waals surface area (Å²) in [5.41, 5.74) is 1.02. The van der Waals surface area contributed by atoms with E-state index < -0.39 is 15.9 Å². The number of likely N-dealkylation sites (tertiary alicyclic amines) is 1. The van der Waals surface area contributed by atoms with Crippen LogP contribution in [0.2, 0.25) is 0 Å². The van der Waals surface area contributed by atoms with Crippen LogP contribution in [0.5, 0.6) is 0 Å². The van der Waals surface area contributed by atoms with Gasteiger partial charge >= 0.3 is 0 Å². The van der Waals surface area contributed by atoms with Crippen molar-refractivity contribution in [3.63, 3.8) is 0 Å². The maximum atomic E-state index is 12.3. The number of sulfonamides is 1. The van der Waals surface area contributed by atoms with Gasteiger partial charge in [0.25, 0.3) is 0 Å². The minimum absolute atomic E-state index is 0.0474. The molecule has 1 fully saturated rings. The summed E-state index contributed by atoms with van der Waals surface area (Å²) in [7, 11) is -3.59. The van der Waals surface area contributed by atoms with Crippen molar-refractivity contribution in [1.29, 1.82) is 0 Å². The zero-order valence-corrected chi connectivity index (χ0v) is 16.2. The summed E-state index contributed by atoms with van der Waals surface area (Å²) in [6, 6.07) is 17.7. The molecular formula is C20H23N3O4S. The highest BCUT2D eigenvalue weighted by Gasteiger charge is 2.34. The van der Waals surface area contributed by atoms with E-state index in [1.807, 2.05) is 30.3 Å². The van der Waals surface area contributed by atoms with Gasteiger partial charge in [0.2, 0.25) is 21.8 Å². The third-order valence-corrected chi connectivity index (χ3v) is 6.05. The summed E-state index contributed by atoms with van der Waals surface area (Å²) in [4.78, 5) is 26.3. The Morgan fingerprint density at radius 1 is 1.00 bits per heavy atom. The van der Waals surface area contributed by atoms with Crippen molar-refractivity contribution in [3.05, 3.63) is 66.2 Å². The monoisotopic (exact) mass is 401 g/mol. The molecule has 0 spiro atoms. The molecule has 3 rings (SSSR count). The predicted octanol–water partition coefficient (Wildman–Crippen LogP) is 1.13. The van der Waals surface area contributed by atoms with Crippen LogP contribution in [0.15, 0.2) is 65.6 Å². The molecule has 1 heterocycles. The van der Waals surface area contributed by atoms with Gasteiger partial charge in [-0.15, -0.1) is 0 Å². The van der Waals surface area contributed by atoms with Gasteiger partial charge in [-0.25, -0.2) is 13.1 Å². The number of benzene rings is 2. The van der Waals surface area contributed by atoms with E-state index in [1.165, 1.54) is 12.1 Å². The lowest BCUT2D eigenvalue weighted by Gasteiger charge is -2.16. The summed E-state index contributed by atoms with van der Waals surface area (Å²) in [6.45, 7) is 1.10. The zero-order chi connectivity index (χ0) is 20.0. The van der Waals surface area contributed by atoms with E-state index in [4.69, 9.17) is 0 Å². The molecule has 0 radical (unpaired) electrons. The maximum absolute atomic E-state index is 12.3. The number of rotatable bonds is 8. The fraction of sp³-hybridized carbons (Fsp3) is 0.300. The third-order valence-electron chi connectivity index (χ3n) is 4.57. The summed E-state index contributed by atoms with van der Waals surface area (Å²) >= 11 is 0. The van der Waals surface area contributed by atoms with Gasteiger partial charge < -0.3 is 10.2 Å². The summed E-state index contributed by atoms with van der Waals surface area (Å²) in [5.74, 6) is -0.696. The van der Waals surface area contributed by atoms with Gasteiger partial charge in [-0.1, -0.05) is 48.5 Å². The average molecular weight is 401 g/mol. The Morgan fingerprint density at radius 3 is 2.32 bits per heavy atom. The molecule has 0 aromatic heterocycles. The minimum Gasteiger partial charge on any atom is -0.354 e. The van der Waals surface area contributed by atoms with Gasteiger partial charge in [-0.2, -0.15) is 0 Å². The molecule has 8 heteroatoms. The third kappa shape index (κ3) is 5.17. The van der Waals surface area contributed by atoms with Crippen LogP contribution in [0.1, 0.15) is 12.0 Å². The van der Waals surface area contributed by atoms with Gasteiger partial charge in [-0.3, -0.25) is 9.59 Å². The summed E-state index contributed by atoms with van der Waals surface area (Å²) < 4.78 is 26.7. The number of nitrogens with one attached hydrogen (secondary N) is 2. The molecule has 1 aliphatic rings. The van der Waals surface area contributed by atoms with E-state index >= 15 is 0 Å². The number of hydrogen-bond donors (Lipinski definition) is 2. The fourth-order valence-electron chi connectivity index (χ4n) is 3.10. The molecule has 0 unspecified atom stereocenters. The molecule has 148 valence electrons. The van der Waals surface area contributed by atoms with E-state index in [0.717, 1.165) is 5.56 Å². The van der Waals surface area contributed by atoms with Crippen LogP contribution in [0.4, 0.5) is 0 Å². The Morgan fingerprint density at radius 2 is 1.64 bits per heavy atom. The van der Waals surface area contributed by atoms with Crippen molar-refractivity contribution in [3.8, 4) is 0 Å². The van der Waals surface area contributed by atoms with Crippen LogP contribution in [-0.4, -0.2) is 44.8 Å². The van der Waals surface area contributed by atoms with Gasteiger partial charge in [0.05, 0.1) is 10.8 Å². The van der Waals surface area contributed by atoms with Crippen LogP contribution >= 0.6 is 0 Å². The highest BCUT2D eigenvalue weighted by atomic mass is 32.2. The number of nitrogens with zero attached hydrogens (tertiary/aromatic N) is 1. The summed E-state index contributed by atoms with van der Waals surface area (Å²) in [5, 5.41) is 2.71. The second kappa shape index (κ2) is 8.99. The van der Waals surface area contributed by atoms with E-state index in [1.54, 1.807) is 23.1 Å². The summed E-state index contributed by atoms with van der Waals surface area (Å²) in [6.07, 6.45) is 0.175. The molecular weight excluding hydrogens is 378 g/mol. The first-order valence-electron chi connectivity index (χ1n) is 9.10. The number of carbonyl (C=O) groups excluding carboxylic acids is 2. The molecule has 28 heavy (non-hydrogen) atoms. The maximum Gasteiger partial charge on any atom is 0.240 e. The Labute approximate surface area is 164 Å². The Hall–Kier alpha value is -2.71. The topological polar surface area (TPSA) is 95.6 Å². The largest absolute Gasteiger partial charge is 0.354 e. The van der Waals surface area contributed by atoms with Crippen molar-refractivity contribution in [1.82, 2.24) is 14.9 Å². The molecule has 1 aliphatic heterocycles. The van der Waals surface area contributed by atoms with E-state index in [9.17, 15) is 18.0 Å². The van der Waals surface area contributed by atoms with Crippen molar-refractivity contribution >= 4 is 21.8 Å². The molecule has 2 aromatic rings. The first-order valence-corrected chi connectivity index (χ1v) is 10.6. The highest BCUT2D eigenvalue weighted by molar-refractivity contribution is 7.89. The number of carbonyl (C=O) groups is 2. The predicted molar refractivity (Wildman–Crippen MR) is 105 cm³/mol. The smallest absolute Gasteiger partial charge is 0.240 e. The molecule has 2 N–H and O–H groups in total. The minimum atomic E-state index is -3.59. The average Bonchev–Trinajstić information content (AvgIpc) is 3.07. The second-order valence-corrected chi connectivity index (χ2v) is 8.43. The molecule has 0 aliphatic carbocycles. The molecule has 0 bridgehead atoms. The van der Waals surface area contributed by atoms with E-state index in [2.05, 4.69) is 10.0 Å². The lowest BCUT2D eigenvalue weighted by Crippen LogP contribution is -2.38. The lowest BCUT2D eigenvalue weighted by molar-refractivity contribution is -0.129. The Balaban J connectivity index is 1.43.